The number of rotatable bonds is 51. The molecule has 0 aromatic carbocycles. The van der Waals surface area contributed by atoms with Gasteiger partial charge >= 0.3 is 11.9 Å². The quantitative estimate of drug-likeness (QED) is 0.0336. The Hall–Kier alpha value is -1.26. The van der Waals surface area contributed by atoms with Gasteiger partial charge in [0.25, 0.3) is 0 Å². The summed E-state index contributed by atoms with van der Waals surface area (Å²) in [7, 11) is 0. The van der Waals surface area contributed by atoms with Crippen LogP contribution in [0.1, 0.15) is 253 Å². The molecule has 0 aromatic heterocycles. The number of carbonyl (C=O) groups excluding carboxylic acids is 2. The van der Waals surface area contributed by atoms with Crippen molar-refractivity contribution in [1.82, 2.24) is 4.90 Å². The van der Waals surface area contributed by atoms with E-state index in [9.17, 15) is 9.59 Å². The van der Waals surface area contributed by atoms with Gasteiger partial charge < -0.3 is 33.3 Å². The maximum Gasteiger partial charge on any atom is 0.305 e. The molecule has 9 heteroatoms. The summed E-state index contributed by atoms with van der Waals surface area (Å²) in [5, 5.41) is 0. The number of nitrogens with zero attached hydrogens (tertiary/aromatic N) is 1. The van der Waals surface area contributed by atoms with Crippen molar-refractivity contribution in [2.24, 2.45) is 0 Å². The van der Waals surface area contributed by atoms with Crippen molar-refractivity contribution in [3.8, 4) is 0 Å². The fourth-order valence-electron chi connectivity index (χ4n) is 7.40. The van der Waals surface area contributed by atoms with Gasteiger partial charge in [-0.2, -0.15) is 0 Å². The first-order chi connectivity index (χ1) is 30.0. The highest BCUT2D eigenvalue weighted by Gasteiger charge is 2.15. The molecule has 0 aliphatic rings. The van der Waals surface area contributed by atoms with Gasteiger partial charge in [0.15, 0.2) is 12.6 Å². The number of ether oxygens (including phenoxy) is 6. The molecule has 0 aliphatic heterocycles. The predicted octanol–water partition coefficient (Wildman–Crippen LogP) is 14.5. The zero-order chi connectivity index (χ0) is 44.5. The van der Waals surface area contributed by atoms with Crippen LogP contribution in [-0.2, 0) is 38.0 Å². The van der Waals surface area contributed by atoms with E-state index in [1.165, 1.54) is 161 Å². The van der Waals surface area contributed by atoms with Crippen LogP contribution >= 0.6 is 0 Å². The number of unbranched alkanes of at least 4 members (excludes halogenated alkanes) is 23. The molecule has 0 atom stereocenters. The second-order valence-electron chi connectivity index (χ2n) is 17.5. The molecular weight excluding hydrogens is 767 g/mol. The molecule has 0 radical (unpaired) electrons. The summed E-state index contributed by atoms with van der Waals surface area (Å²) in [6, 6.07) is 0. The number of hydrogen-bond acceptors (Lipinski definition) is 9. The first-order valence-electron chi connectivity index (χ1n) is 26.5. The van der Waals surface area contributed by atoms with Crippen LogP contribution in [0.5, 0.6) is 0 Å². The first kappa shape index (κ1) is 59.7. The first-order valence-corrected chi connectivity index (χ1v) is 26.5. The van der Waals surface area contributed by atoms with Gasteiger partial charge in [0, 0.05) is 39.3 Å². The van der Waals surface area contributed by atoms with Crippen LogP contribution in [-0.4, -0.2) is 88.7 Å². The molecule has 61 heavy (non-hydrogen) atoms. The van der Waals surface area contributed by atoms with E-state index < -0.39 is 0 Å². The average Bonchev–Trinajstić information content (AvgIpc) is 3.26. The molecule has 0 N–H and O–H groups in total. The summed E-state index contributed by atoms with van der Waals surface area (Å²) in [6.45, 7) is 18.6. The van der Waals surface area contributed by atoms with Crippen molar-refractivity contribution in [2.45, 2.75) is 266 Å². The lowest BCUT2D eigenvalue weighted by Gasteiger charge is -2.22. The molecule has 364 valence electrons. The zero-order valence-corrected chi connectivity index (χ0v) is 41.3. The van der Waals surface area contributed by atoms with Gasteiger partial charge in [0.1, 0.15) is 0 Å². The third-order valence-electron chi connectivity index (χ3n) is 11.5. The van der Waals surface area contributed by atoms with Crippen LogP contribution in [0.15, 0.2) is 0 Å². The van der Waals surface area contributed by atoms with E-state index in [1.54, 1.807) is 0 Å². The summed E-state index contributed by atoms with van der Waals surface area (Å²) in [6.07, 6.45) is 36.5. The molecule has 0 saturated carbocycles. The molecule has 0 spiro atoms. The minimum absolute atomic E-state index is 0.132. The van der Waals surface area contributed by atoms with Gasteiger partial charge in [-0.05, 0) is 77.4 Å². The van der Waals surface area contributed by atoms with E-state index in [0.29, 0.717) is 65.3 Å². The smallest absolute Gasteiger partial charge is 0.305 e. The van der Waals surface area contributed by atoms with E-state index in [1.807, 2.05) is 0 Å². The molecule has 0 amide bonds. The average molecular weight is 870 g/mol. The van der Waals surface area contributed by atoms with Crippen molar-refractivity contribution in [3.63, 3.8) is 0 Å². The van der Waals surface area contributed by atoms with Crippen LogP contribution in [0.4, 0.5) is 0 Å². The lowest BCUT2D eigenvalue weighted by Crippen LogP contribution is -2.27. The van der Waals surface area contributed by atoms with E-state index in [0.717, 1.165) is 51.4 Å². The van der Waals surface area contributed by atoms with Crippen molar-refractivity contribution in [1.29, 1.82) is 0 Å². The Morgan fingerprint density at radius 3 is 0.918 bits per heavy atom. The van der Waals surface area contributed by atoms with Gasteiger partial charge in [-0.3, -0.25) is 9.59 Å². The Morgan fingerprint density at radius 1 is 0.328 bits per heavy atom. The Labute approximate surface area is 378 Å². The largest absolute Gasteiger partial charge is 0.466 e. The fourth-order valence-corrected chi connectivity index (χ4v) is 7.40. The second-order valence-corrected chi connectivity index (χ2v) is 17.5. The van der Waals surface area contributed by atoms with Crippen molar-refractivity contribution in [2.75, 3.05) is 59.3 Å². The molecule has 0 aromatic rings. The molecule has 0 aliphatic carbocycles. The normalized spacial score (nSPS) is 11.7. The van der Waals surface area contributed by atoms with Crippen LogP contribution in [0.2, 0.25) is 0 Å². The SMILES string of the molecule is CCCCCCOC(CCC(=O)OCCCCCCCCN(CCCC)CCCCCCCCOC(=O)CCC(OCCCCCC)OCCCCCC)OCCCCCC. The third kappa shape index (κ3) is 45.1. The van der Waals surface area contributed by atoms with Crippen LogP contribution < -0.4 is 0 Å². The molecule has 0 rings (SSSR count). The highest BCUT2D eigenvalue weighted by Crippen LogP contribution is 2.14. The van der Waals surface area contributed by atoms with Gasteiger partial charge in [-0.15, -0.1) is 0 Å². The summed E-state index contributed by atoms with van der Waals surface area (Å²) in [5.74, 6) is -0.263. The minimum Gasteiger partial charge on any atom is -0.466 e. The highest BCUT2D eigenvalue weighted by atomic mass is 16.7. The van der Waals surface area contributed by atoms with E-state index in [-0.39, 0.29) is 24.5 Å². The zero-order valence-electron chi connectivity index (χ0n) is 41.3. The highest BCUT2D eigenvalue weighted by molar-refractivity contribution is 5.69. The van der Waals surface area contributed by atoms with E-state index >= 15 is 0 Å². The summed E-state index contributed by atoms with van der Waals surface area (Å²) in [4.78, 5) is 27.5. The summed E-state index contributed by atoms with van der Waals surface area (Å²) < 4.78 is 35.1. The lowest BCUT2D eigenvalue weighted by molar-refractivity contribution is -0.159. The predicted molar refractivity (Wildman–Crippen MR) is 255 cm³/mol. The standard InChI is InChI=1S/C52H103NO8/c1-6-11-16-30-45-58-51(59-46-31-17-12-7-2)38-36-49(54)56-43-34-26-22-20-24-28-41-53(40-15-10-5)42-29-25-21-23-27-35-44-57-50(55)37-39-52(60-47-32-18-13-8-3)61-48-33-19-14-9-4/h51-52H,6-48H2,1-5H3. The monoisotopic (exact) mass is 870 g/mol. The molecular formula is C52H103NO8. The molecule has 0 saturated heterocycles. The van der Waals surface area contributed by atoms with Crippen molar-refractivity contribution >= 4 is 11.9 Å². The third-order valence-corrected chi connectivity index (χ3v) is 11.5. The maximum absolute atomic E-state index is 12.4. The maximum atomic E-state index is 12.4. The lowest BCUT2D eigenvalue weighted by atomic mass is 10.1. The van der Waals surface area contributed by atoms with Crippen molar-refractivity contribution in [3.05, 3.63) is 0 Å². The van der Waals surface area contributed by atoms with Crippen LogP contribution in [0.25, 0.3) is 0 Å². The minimum atomic E-state index is -0.305. The number of esters is 2. The Morgan fingerprint density at radius 2 is 0.590 bits per heavy atom. The van der Waals surface area contributed by atoms with E-state index in [2.05, 4.69) is 39.5 Å². The van der Waals surface area contributed by atoms with Gasteiger partial charge in [-0.1, -0.05) is 169 Å². The van der Waals surface area contributed by atoms with Crippen molar-refractivity contribution < 1.29 is 38.0 Å². The number of hydrogen-bond donors (Lipinski definition) is 0. The Balaban J connectivity index is 4.03. The molecule has 9 nitrogen and oxygen atoms in total. The second kappa shape index (κ2) is 49.8. The molecule has 0 unspecified atom stereocenters. The Bertz CT molecular complexity index is 797. The van der Waals surface area contributed by atoms with Crippen LogP contribution in [0.3, 0.4) is 0 Å². The fraction of sp³-hybridized carbons (Fsp3) is 0.962. The van der Waals surface area contributed by atoms with Gasteiger partial charge in [0.05, 0.1) is 26.1 Å². The van der Waals surface area contributed by atoms with E-state index in [4.69, 9.17) is 28.4 Å². The molecule has 0 heterocycles. The summed E-state index contributed by atoms with van der Waals surface area (Å²) >= 11 is 0. The van der Waals surface area contributed by atoms with Gasteiger partial charge in [-0.25, -0.2) is 0 Å². The summed E-state index contributed by atoms with van der Waals surface area (Å²) in [5.41, 5.74) is 0. The Kier molecular flexibility index (Phi) is 48.7. The topological polar surface area (TPSA) is 92.8 Å². The van der Waals surface area contributed by atoms with Crippen LogP contribution in [0, 0.1) is 0 Å². The number of carbonyl (C=O) groups is 2. The molecule has 0 fully saturated rings. The van der Waals surface area contributed by atoms with Gasteiger partial charge in [0.2, 0.25) is 0 Å². The molecule has 0 bridgehead atoms.